The lowest BCUT2D eigenvalue weighted by atomic mass is 9.96. The predicted octanol–water partition coefficient (Wildman–Crippen LogP) is 3.72. The lowest BCUT2D eigenvalue weighted by Crippen LogP contribution is -2.40. The third-order valence-electron chi connectivity index (χ3n) is 3.91. The summed E-state index contributed by atoms with van der Waals surface area (Å²) in [5.41, 5.74) is -0.0293. The summed E-state index contributed by atoms with van der Waals surface area (Å²) in [6.45, 7) is 0.632. The van der Waals surface area contributed by atoms with Crippen LogP contribution in [0.2, 0.25) is 5.02 Å². The highest BCUT2D eigenvalue weighted by molar-refractivity contribution is 6.31. The zero-order chi connectivity index (χ0) is 17.5. The molecule has 0 amide bonds. The predicted molar refractivity (Wildman–Crippen MR) is 82.0 cm³/mol. The summed E-state index contributed by atoms with van der Waals surface area (Å²) >= 11 is 6.23. The maximum atomic E-state index is 13.1. The molecule has 2 heterocycles. The van der Waals surface area contributed by atoms with Crippen LogP contribution in [0.1, 0.15) is 23.6 Å². The van der Waals surface area contributed by atoms with E-state index < -0.39 is 23.8 Å². The van der Waals surface area contributed by atoms with Crippen LogP contribution in [0.5, 0.6) is 5.75 Å². The monoisotopic (exact) mass is 359 g/mol. The summed E-state index contributed by atoms with van der Waals surface area (Å²) in [5, 5.41) is 12.6. The van der Waals surface area contributed by atoms with Gasteiger partial charge < -0.3 is 15.2 Å². The molecule has 0 saturated heterocycles. The summed E-state index contributed by atoms with van der Waals surface area (Å²) in [5.74, 6) is -1.71. The van der Waals surface area contributed by atoms with Crippen molar-refractivity contribution in [3.63, 3.8) is 0 Å². The maximum Gasteiger partial charge on any atom is 0.430 e. The Morgan fingerprint density at radius 3 is 2.67 bits per heavy atom. The molecule has 0 aromatic heterocycles. The second-order valence-electron chi connectivity index (χ2n) is 5.52. The molecule has 0 fully saturated rings. The highest BCUT2D eigenvalue weighted by Crippen LogP contribution is 2.41. The Morgan fingerprint density at radius 2 is 2.08 bits per heavy atom. The molecule has 1 aromatic carbocycles. The number of benzene rings is 1. The number of halogens is 4. The van der Waals surface area contributed by atoms with E-state index in [0.717, 1.165) is 6.08 Å². The maximum absolute atomic E-state index is 13.1. The van der Waals surface area contributed by atoms with Gasteiger partial charge in [-0.05, 0) is 30.2 Å². The van der Waals surface area contributed by atoms with Crippen LogP contribution < -0.4 is 10.1 Å². The van der Waals surface area contributed by atoms with Crippen molar-refractivity contribution in [1.82, 2.24) is 5.32 Å². The zero-order valence-electron chi connectivity index (χ0n) is 12.2. The molecule has 2 atom stereocenters. The molecule has 0 aliphatic carbocycles. The molecule has 3 rings (SSSR count). The third kappa shape index (κ3) is 3.14. The quantitative estimate of drug-likeness (QED) is 0.790. The van der Waals surface area contributed by atoms with E-state index in [1.54, 1.807) is 0 Å². The molecule has 4 nitrogen and oxygen atoms in total. The summed E-state index contributed by atoms with van der Waals surface area (Å²) in [6.07, 6.45) is -1.82. The minimum atomic E-state index is -4.83. The first-order valence-corrected chi connectivity index (χ1v) is 7.55. The number of rotatable bonds is 2. The zero-order valence-corrected chi connectivity index (χ0v) is 13.0. The molecule has 128 valence electrons. The summed E-state index contributed by atoms with van der Waals surface area (Å²) < 4.78 is 44.3. The Balaban J connectivity index is 2.04. The molecule has 2 unspecified atom stereocenters. The van der Waals surface area contributed by atoms with Gasteiger partial charge in [0, 0.05) is 23.2 Å². The smallest absolute Gasteiger partial charge is 0.430 e. The normalized spacial score (nSPS) is 23.2. The van der Waals surface area contributed by atoms with Crippen LogP contribution >= 0.6 is 11.6 Å². The Labute approximate surface area is 140 Å². The molecule has 0 saturated carbocycles. The van der Waals surface area contributed by atoms with Crippen LogP contribution in [-0.2, 0) is 4.79 Å². The van der Waals surface area contributed by atoms with E-state index in [1.807, 2.05) is 12.2 Å². The van der Waals surface area contributed by atoms with Gasteiger partial charge >= 0.3 is 12.1 Å². The number of carboxylic acid groups (broad SMARTS) is 1. The molecule has 0 spiro atoms. The summed E-state index contributed by atoms with van der Waals surface area (Å²) in [7, 11) is 0. The Morgan fingerprint density at radius 1 is 1.33 bits per heavy atom. The van der Waals surface area contributed by atoms with Gasteiger partial charge in [-0.1, -0.05) is 23.8 Å². The third-order valence-corrected chi connectivity index (χ3v) is 4.23. The van der Waals surface area contributed by atoms with Crippen molar-refractivity contribution < 1.29 is 27.8 Å². The van der Waals surface area contributed by atoms with Crippen LogP contribution in [0.3, 0.4) is 0 Å². The summed E-state index contributed by atoms with van der Waals surface area (Å²) in [6, 6.07) is 2.75. The van der Waals surface area contributed by atoms with Crippen molar-refractivity contribution >= 4 is 23.6 Å². The van der Waals surface area contributed by atoms with E-state index in [4.69, 9.17) is 21.4 Å². The first kappa shape index (κ1) is 16.9. The van der Waals surface area contributed by atoms with Crippen molar-refractivity contribution in [2.45, 2.75) is 24.7 Å². The van der Waals surface area contributed by atoms with E-state index in [2.05, 4.69) is 5.32 Å². The molecule has 24 heavy (non-hydrogen) atoms. The molecular weight excluding hydrogens is 347 g/mol. The van der Waals surface area contributed by atoms with Gasteiger partial charge in [0.05, 0.1) is 5.57 Å². The molecule has 2 N–H and O–H groups in total. The Kier molecular flexibility index (Phi) is 4.31. The lowest BCUT2D eigenvalue weighted by molar-refractivity contribution is -0.187. The van der Waals surface area contributed by atoms with Crippen LogP contribution in [0.15, 0.2) is 29.9 Å². The highest BCUT2D eigenvalue weighted by Gasteiger charge is 2.48. The van der Waals surface area contributed by atoms with Crippen LogP contribution in [-0.4, -0.2) is 29.9 Å². The molecule has 2 aliphatic heterocycles. The van der Waals surface area contributed by atoms with E-state index in [1.165, 1.54) is 12.1 Å². The fourth-order valence-corrected chi connectivity index (χ4v) is 3.07. The molecular formula is C16H13ClF3NO3. The van der Waals surface area contributed by atoms with Crippen LogP contribution in [0.4, 0.5) is 13.2 Å². The van der Waals surface area contributed by atoms with E-state index in [9.17, 15) is 18.0 Å². The van der Waals surface area contributed by atoms with Crippen LogP contribution in [0, 0.1) is 0 Å². The van der Waals surface area contributed by atoms with Crippen molar-refractivity contribution in [2.24, 2.45) is 0 Å². The highest BCUT2D eigenvalue weighted by atomic mass is 35.5. The number of hydrogen-bond donors (Lipinski definition) is 2. The van der Waals surface area contributed by atoms with Crippen LogP contribution in [0.25, 0.3) is 6.08 Å². The largest absolute Gasteiger partial charge is 0.478 e. The SMILES string of the molecule is O=C(O)C1=Cc2cc(Cl)c(C3CC=CCN3)cc2OC1C(F)(F)F. The van der Waals surface area contributed by atoms with E-state index in [0.29, 0.717) is 23.6 Å². The van der Waals surface area contributed by atoms with Gasteiger partial charge in [-0.3, -0.25) is 0 Å². The van der Waals surface area contributed by atoms with Gasteiger partial charge in [-0.15, -0.1) is 0 Å². The minimum Gasteiger partial charge on any atom is -0.478 e. The van der Waals surface area contributed by atoms with Gasteiger partial charge in [-0.25, -0.2) is 4.79 Å². The van der Waals surface area contributed by atoms with Crippen molar-refractivity contribution in [2.75, 3.05) is 6.54 Å². The number of carboxylic acids is 1. The summed E-state index contributed by atoms with van der Waals surface area (Å²) in [4.78, 5) is 11.1. The molecule has 1 aromatic rings. The topological polar surface area (TPSA) is 58.6 Å². The fraction of sp³-hybridized carbons (Fsp3) is 0.312. The van der Waals surface area contributed by atoms with E-state index >= 15 is 0 Å². The van der Waals surface area contributed by atoms with Gasteiger partial charge in [0.25, 0.3) is 0 Å². The number of hydrogen-bond acceptors (Lipinski definition) is 3. The standard InChI is InChI=1S/C16H13ClF3NO3/c17-11-6-8-5-10(15(22)23)14(16(18,19)20)24-13(8)7-9(11)12-3-1-2-4-21-12/h1-2,5-7,12,14,21H,3-4H2,(H,22,23). The Hall–Kier alpha value is -1.99. The van der Waals surface area contributed by atoms with Gasteiger partial charge in [-0.2, -0.15) is 13.2 Å². The second kappa shape index (κ2) is 6.14. The molecule has 2 aliphatic rings. The first-order chi connectivity index (χ1) is 11.3. The van der Waals surface area contributed by atoms with E-state index in [-0.39, 0.29) is 17.4 Å². The van der Waals surface area contributed by atoms with Crippen molar-refractivity contribution in [3.05, 3.63) is 46.0 Å². The average Bonchev–Trinajstić information content (AvgIpc) is 2.53. The molecule has 8 heteroatoms. The number of fused-ring (bicyclic) bond motifs is 1. The number of nitrogens with one attached hydrogen (secondary N) is 1. The minimum absolute atomic E-state index is 0.0296. The Bertz CT molecular complexity index is 743. The number of ether oxygens (including phenoxy) is 1. The fourth-order valence-electron chi connectivity index (χ4n) is 2.76. The second-order valence-corrected chi connectivity index (χ2v) is 5.93. The molecule has 0 radical (unpaired) electrons. The van der Waals surface area contributed by atoms with Gasteiger partial charge in [0.1, 0.15) is 5.75 Å². The molecule has 0 bridgehead atoms. The van der Waals surface area contributed by atoms with Crippen molar-refractivity contribution in [1.29, 1.82) is 0 Å². The van der Waals surface area contributed by atoms with Gasteiger partial charge in [0.15, 0.2) is 0 Å². The van der Waals surface area contributed by atoms with Crippen molar-refractivity contribution in [3.8, 4) is 5.75 Å². The number of aliphatic carboxylic acids is 1. The van der Waals surface area contributed by atoms with Gasteiger partial charge in [0.2, 0.25) is 6.10 Å². The number of carbonyl (C=O) groups is 1. The average molecular weight is 360 g/mol. The first-order valence-electron chi connectivity index (χ1n) is 7.17. The lowest BCUT2D eigenvalue weighted by Gasteiger charge is -2.29. The number of alkyl halides is 3.